The minimum Gasteiger partial charge on any atom is -0.480 e. The molecule has 0 aliphatic heterocycles. The zero-order valence-electron chi connectivity index (χ0n) is 6.65. The third-order valence-electron chi connectivity index (χ3n) is 0.738. The number of nitrogens with zero attached hydrogens (tertiary/aromatic N) is 1. The molecule has 0 spiro atoms. The molecular formula is C6H11N3O3. The Labute approximate surface area is 69.8 Å². The van der Waals surface area contributed by atoms with Gasteiger partial charge < -0.3 is 16.6 Å². The van der Waals surface area contributed by atoms with Crippen molar-refractivity contribution < 1.29 is 14.7 Å². The first-order valence-electron chi connectivity index (χ1n) is 3.03. The second-order valence-electron chi connectivity index (χ2n) is 1.84. The molecule has 0 aromatic heterocycles. The van der Waals surface area contributed by atoms with Crippen LogP contribution in [0.3, 0.4) is 0 Å². The average molecular weight is 173 g/mol. The fourth-order valence-electron chi connectivity index (χ4n) is 0.304. The molecule has 0 saturated heterocycles. The van der Waals surface area contributed by atoms with Gasteiger partial charge in [-0.1, -0.05) is 0 Å². The SMILES string of the molecule is CC#N.NC(=O)CC(N)C(=O)O. The number of carbonyl (C=O) groups excluding carboxylic acids is 1. The molecule has 0 heterocycles. The van der Waals surface area contributed by atoms with Crippen LogP contribution >= 0.6 is 0 Å². The van der Waals surface area contributed by atoms with E-state index < -0.39 is 17.9 Å². The van der Waals surface area contributed by atoms with E-state index in [1.807, 2.05) is 0 Å². The number of nitriles is 1. The van der Waals surface area contributed by atoms with Gasteiger partial charge in [-0.3, -0.25) is 9.59 Å². The van der Waals surface area contributed by atoms with E-state index in [2.05, 4.69) is 5.73 Å². The fourth-order valence-corrected chi connectivity index (χ4v) is 0.304. The number of carboxylic acid groups (broad SMARTS) is 1. The van der Waals surface area contributed by atoms with Gasteiger partial charge in [-0.25, -0.2) is 0 Å². The van der Waals surface area contributed by atoms with Gasteiger partial charge in [0.1, 0.15) is 6.04 Å². The van der Waals surface area contributed by atoms with Crippen LogP contribution in [0.4, 0.5) is 0 Å². The Morgan fingerprint density at radius 2 is 2.00 bits per heavy atom. The summed E-state index contributed by atoms with van der Waals surface area (Å²) in [6, 6.07) is 0.586. The largest absolute Gasteiger partial charge is 0.480 e. The van der Waals surface area contributed by atoms with Crippen molar-refractivity contribution in [2.75, 3.05) is 0 Å². The van der Waals surface area contributed by atoms with Crippen LogP contribution in [0, 0.1) is 11.3 Å². The van der Waals surface area contributed by atoms with Gasteiger partial charge in [0.25, 0.3) is 0 Å². The van der Waals surface area contributed by atoms with E-state index in [0.717, 1.165) is 0 Å². The molecule has 12 heavy (non-hydrogen) atoms. The number of hydrogen-bond acceptors (Lipinski definition) is 4. The van der Waals surface area contributed by atoms with E-state index in [1.54, 1.807) is 6.07 Å². The summed E-state index contributed by atoms with van der Waals surface area (Å²) < 4.78 is 0. The average Bonchev–Trinajstić information content (AvgIpc) is 1.87. The summed E-state index contributed by atoms with van der Waals surface area (Å²) >= 11 is 0. The zero-order valence-corrected chi connectivity index (χ0v) is 6.65. The lowest BCUT2D eigenvalue weighted by molar-refractivity contribution is -0.140. The van der Waals surface area contributed by atoms with Crippen LogP contribution in [-0.4, -0.2) is 23.0 Å². The second-order valence-corrected chi connectivity index (χ2v) is 1.84. The first kappa shape index (κ1) is 13.0. The second kappa shape index (κ2) is 7.50. The maximum Gasteiger partial charge on any atom is 0.321 e. The van der Waals surface area contributed by atoms with Crippen LogP contribution in [0.2, 0.25) is 0 Å². The normalized spacial score (nSPS) is 10.1. The van der Waals surface area contributed by atoms with E-state index in [0.29, 0.717) is 0 Å². The summed E-state index contributed by atoms with van der Waals surface area (Å²) in [7, 11) is 0. The smallest absolute Gasteiger partial charge is 0.321 e. The predicted octanol–water partition coefficient (Wildman–Crippen LogP) is -1.20. The zero-order chi connectivity index (χ0) is 10.1. The Morgan fingerprint density at radius 3 is 2.08 bits per heavy atom. The van der Waals surface area contributed by atoms with Crippen molar-refractivity contribution in [1.29, 1.82) is 5.26 Å². The first-order valence-corrected chi connectivity index (χ1v) is 3.03. The number of primary amides is 1. The molecular weight excluding hydrogens is 162 g/mol. The molecule has 1 amide bonds. The van der Waals surface area contributed by atoms with E-state index in [-0.39, 0.29) is 6.42 Å². The summed E-state index contributed by atoms with van der Waals surface area (Å²) in [6.07, 6.45) is -0.310. The highest BCUT2D eigenvalue weighted by Gasteiger charge is 2.13. The molecule has 1 atom stereocenters. The van der Waals surface area contributed by atoms with Crippen LogP contribution in [0.25, 0.3) is 0 Å². The molecule has 1 unspecified atom stereocenters. The van der Waals surface area contributed by atoms with Crippen LogP contribution in [0.5, 0.6) is 0 Å². The molecule has 0 aromatic carbocycles. The summed E-state index contributed by atoms with van der Waals surface area (Å²) in [5.74, 6) is -1.92. The number of amides is 1. The van der Waals surface area contributed by atoms with Crippen molar-refractivity contribution in [3.63, 3.8) is 0 Å². The quantitative estimate of drug-likeness (QED) is 0.493. The van der Waals surface area contributed by atoms with Crippen LogP contribution in [0.1, 0.15) is 13.3 Å². The molecule has 68 valence electrons. The van der Waals surface area contributed by atoms with Crippen molar-refractivity contribution in [3.05, 3.63) is 0 Å². The van der Waals surface area contributed by atoms with Gasteiger partial charge in [-0.2, -0.15) is 5.26 Å². The topological polar surface area (TPSA) is 130 Å². The van der Waals surface area contributed by atoms with Gasteiger partial charge in [0.15, 0.2) is 0 Å². The van der Waals surface area contributed by atoms with E-state index in [9.17, 15) is 9.59 Å². The lowest BCUT2D eigenvalue weighted by atomic mass is 10.2. The van der Waals surface area contributed by atoms with E-state index in [4.69, 9.17) is 16.1 Å². The highest BCUT2D eigenvalue weighted by Crippen LogP contribution is 1.84. The summed E-state index contributed by atoms with van der Waals surface area (Å²) in [5.41, 5.74) is 9.57. The maximum atomic E-state index is 9.99. The van der Waals surface area contributed by atoms with Crippen LogP contribution in [-0.2, 0) is 9.59 Å². The van der Waals surface area contributed by atoms with Crippen molar-refractivity contribution in [2.24, 2.45) is 11.5 Å². The molecule has 6 heteroatoms. The minimum atomic E-state index is -1.21. The lowest BCUT2D eigenvalue weighted by Gasteiger charge is -1.99. The summed E-state index contributed by atoms with van der Waals surface area (Å²) in [4.78, 5) is 19.9. The Balaban J connectivity index is 0. The number of hydrogen-bond donors (Lipinski definition) is 3. The van der Waals surface area contributed by atoms with Crippen molar-refractivity contribution >= 4 is 11.9 Å². The van der Waals surface area contributed by atoms with Gasteiger partial charge in [-0.15, -0.1) is 0 Å². The molecule has 0 saturated carbocycles. The van der Waals surface area contributed by atoms with Crippen LogP contribution in [0.15, 0.2) is 0 Å². The van der Waals surface area contributed by atoms with Crippen molar-refractivity contribution in [3.8, 4) is 6.07 Å². The Bertz CT molecular complexity index is 197. The molecule has 0 rings (SSSR count). The van der Waals surface area contributed by atoms with Gasteiger partial charge in [0.2, 0.25) is 5.91 Å². The maximum absolute atomic E-state index is 9.99. The molecule has 0 aliphatic rings. The van der Waals surface area contributed by atoms with Gasteiger partial charge in [0.05, 0.1) is 12.5 Å². The number of nitrogens with two attached hydrogens (primary N) is 2. The highest BCUT2D eigenvalue weighted by molar-refractivity contribution is 5.82. The molecule has 6 nitrogen and oxygen atoms in total. The number of rotatable bonds is 3. The first-order chi connectivity index (χ1) is 5.45. The highest BCUT2D eigenvalue weighted by atomic mass is 16.4. The Kier molecular flexibility index (Phi) is 8.13. The third-order valence-corrected chi connectivity index (χ3v) is 0.738. The van der Waals surface area contributed by atoms with E-state index >= 15 is 0 Å². The van der Waals surface area contributed by atoms with Gasteiger partial charge in [-0.05, 0) is 0 Å². The van der Waals surface area contributed by atoms with Crippen LogP contribution < -0.4 is 11.5 Å². The minimum absolute atomic E-state index is 0.310. The molecule has 5 N–H and O–H groups in total. The number of carbonyl (C=O) groups is 2. The van der Waals surface area contributed by atoms with Crippen molar-refractivity contribution in [2.45, 2.75) is 19.4 Å². The Hall–Kier alpha value is -1.61. The van der Waals surface area contributed by atoms with E-state index in [1.165, 1.54) is 6.92 Å². The predicted molar refractivity (Wildman–Crippen MR) is 40.7 cm³/mol. The summed E-state index contributed by atoms with van der Waals surface area (Å²) in [6.45, 7) is 1.43. The summed E-state index contributed by atoms with van der Waals surface area (Å²) in [5, 5.41) is 15.4. The molecule has 0 aliphatic carbocycles. The number of carboxylic acids is 1. The molecule has 0 aromatic rings. The fraction of sp³-hybridized carbons (Fsp3) is 0.500. The Morgan fingerprint density at radius 1 is 1.67 bits per heavy atom. The monoisotopic (exact) mass is 173 g/mol. The van der Waals surface area contributed by atoms with Gasteiger partial charge >= 0.3 is 5.97 Å². The van der Waals surface area contributed by atoms with Crippen molar-refractivity contribution in [1.82, 2.24) is 0 Å². The molecule has 0 radical (unpaired) electrons. The lowest BCUT2D eigenvalue weighted by Crippen LogP contribution is -2.34. The third kappa shape index (κ3) is 11.2. The van der Waals surface area contributed by atoms with Gasteiger partial charge in [0, 0.05) is 6.92 Å². The standard InChI is InChI=1S/C4H8N2O3.C2H3N/c5-2(4(8)9)1-3(6)7;1-2-3/h2H,1,5H2,(H2,6,7)(H,8,9);1H3. The molecule has 0 fully saturated rings. The number of aliphatic carboxylic acids is 1. The molecule has 0 bridgehead atoms.